The molecule has 1 aromatic carbocycles. The number of ether oxygens (including phenoxy) is 3. The van der Waals surface area contributed by atoms with E-state index in [-0.39, 0.29) is 0 Å². The maximum Gasteiger partial charge on any atom is 0.193 e. The number of unbranched alkanes of at least 4 members (excludes halogenated alkanes) is 1. The van der Waals surface area contributed by atoms with E-state index >= 15 is 0 Å². The van der Waals surface area contributed by atoms with Crippen LogP contribution in [0.25, 0.3) is 0 Å². The Bertz CT molecular complexity index is 531. The quantitative estimate of drug-likeness (QED) is 0.337. The Morgan fingerprint density at radius 1 is 1.07 bits per heavy atom. The molecule has 1 heterocycles. The third kappa shape index (κ3) is 9.04. The van der Waals surface area contributed by atoms with Crippen molar-refractivity contribution in [3.8, 4) is 0 Å². The SMILES string of the molecule is CN=C(NCCCCOCc1ccccc1)N1CCC(OCCCOC)CC1. The van der Waals surface area contributed by atoms with Crippen molar-refractivity contribution < 1.29 is 14.2 Å². The summed E-state index contributed by atoms with van der Waals surface area (Å²) in [4.78, 5) is 6.77. The minimum Gasteiger partial charge on any atom is -0.385 e. The van der Waals surface area contributed by atoms with Crippen molar-refractivity contribution in [2.75, 3.05) is 53.6 Å². The number of aliphatic imine (C=N–C) groups is 1. The Kier molecular flexibility index (Phi) is 11.6. The molecule has 0 aromatic heterocycles. The highest BCUT2D eigenvalue weighted by Gasteiger charge is 2.21. The maximum absolute atomic E-state index is 5.93. The first kappa shape index (κ1) is 22.7. The van der Waals surface area contributed by atoms with Crippen LogP contribution in [0.4, 0.5) is 0 Å². The van der Waals surface area contributed by atoms with Crippen molar-refractivity contribution >= 4 is 5.96 Å². The van der Waals surface area contributed by atoms with Crippen molar-refractivity contribution in [2.45, 2.75) is 44.8 Å². The Morgan fingerprint density at radius 3 is 2.57 bits per heavy atom. The molecule has 1 saturated heterocycles. The van der Waals surface area contributed by atoms with Crippen LogP contribution in [-0.4, -0.2) is 70.6 Å². The summed E-state index contributed by atoms with van der Waals surface area (Å²) in [5.74, 6) is 1.00. The van der Waals surface area contributed by atoms with Gasteiger partial charge >= 0.3 is 0 Å². The van der Waals surface area contributed by atoms with E-state index in [1.54, 1.807) is 7.11 Å². The molecule has 1 aliphatic rings. The predicted octanol–water partition coefficient (Wildman–Crippen LogP) is 3.08. The van der Waals surface area contributed by atoms with Gasteiger partial charge in [0, 0.05) is 53.6 Å². The van der Waals surface area contributed by atoms with Gasteiger partial charge in [0.25, 0.3) is 0 Å². The van der Waals surface area contributed by atoms with Crippen LogP contribution in [0.1, 0.15) is 37.7 Å². The minimum absolute atomic E-state index is 0.368. The van der Waals surface area contributed by atoms with E-state index in [9.17, 15) is 0 Å². The van der Waals surface area contributed by atoms with Gasteiger partial charge in [-0.2, -0.15) is 0 Å². The molecule has 0 bridgehead atoms. The number of hydrogen-bond donors (Lipinski definition) is 1. The third-order valence-corrected chi connectivity index (χ3v) is 4.91. The van der Waals surface area contributed by atoms with E-state index in [1.807, 2.05) is 25.2 Å². The van der Waals surface area contributed by atoms with Gasteiger partial charge in [-0.05, 0) is 37.7 Å². The van der Waals surface area contributed by atoms with E-state index in [2.05, 4.69) is 27.3 Å². The monoisotopic (exact) mass is 391 g/mol. The average Bonchev–Trinajstić information content (AvgIpc) is 2.75. The van der Waals surface area contributed by atoms with Gasteiger partial charge in [-0.1, -0.05) is 30.3 Å². The number of guanidine groups is 1. The Morgan fingerprint density at radius 2 is 1.86 bits per heavy atom. The first-order valence-corrected chi connectivity index (χ1v) is 10.5. The van der Waals surface area contributed by atoms with Crippen LogP contribution in [0.3, 0.4) is 0 Å². The van der Waals surface area contributed by atoms with Crippen molar-refractivity contribution in [3.05, 3.63) is 35.9 Å². The molecular formula is C22H37N3O3. The molecule has 0 radical (unpaired) electrons. The lowest BCUT2D eigenvalue weighted by Gasteiger charge is -2.34. The van der Waals surface area contributed by atoms with E-state index in [0.29, 0.717) is 12.7 Å². The zero-order valence-corrected chi connectivity index (χ0v) is 17.6. The molecule has 0 aliphatic carbocycles. The summed E-state index contributed by atoms with van der Waals surface area (Å²) in [6.07, 6.45) is 5.57. The van der Waals surface area contributed by atoms with Gasteiger partial charge in [-0.3, -0.25) is 4.99 Å². The van der Waals surface area contributed by atoms with Crippen LogP contribution >= 0.6 is 0 Å². The van der Waals surface area contributed by atoms with Gasteiger partial charge < -0.3 is 24.4 Å². The van der Waals surface area contributed by atoms with E-state index in [4.69, 9.17) is 14.2 Å². The molecule has 28 heavy (non-hydrogen) atoms. The van der Waals surface area contributed by atoms with E-state index in [0.717, 1.165) is 77.5 Å². The van der Waals surface area contributed by atoms with Gasteiger partial charge in [0.1, 0.15) is 0 Å². The summed E-state index contributed by atoms with van der Waals surface area (Å²) in [6.45, 7) is 5.96. The topological polar surface area (TPSA) is 55.3 Å². The lowest BCUT2D eigenvalue weighted by atomic mass is 10.1. The van der Waals surface area contributed by atoms with Gasteiger partial charge in [-0.25, -0.2) is 0 Å². The summed E-state index contributed by atoms with van der Waals surface area (Å²) >= 11 is 0. The number of likely N-dealkylation sites (tertiary alicyclic amines) is 1. The van der Waals surface area contributed by atoms with Gasteiger partial charge in [-0.15, -0.1) is 0 Å². The summed E-state index contributed by atoms with van der Waals surface area (Å²) in [6, 6.07) is 10.3. The summed E-state index contributed by atoms with van der Waals surface area (Å²) in [5.41, 5.74) is 1.23. The van der Waals surface area contributed by atoms with Crippen LogP contribution in [0.2, 0.25) is 0 Å². The van der Waals surface area contributed by atoms with Crippen molar-refractivity contribution in [1.29, 1.82) is 0 Å². The lowest BCUT2D eigenvalue weighted by Crippen LogP contribution is -2.47. The highest BCUT2D eigenvalue weighted by atomic mass is 16.5. The third-order valence-electron chi connectivity index (χ3n) is 4.91. The fourth-order valence-corrected chi connectivity index (χ4v) is 3.31. The summed E-state index contributed by atoms with van der Waals surface area (Å²) in [7, 11) is 3.59. The molecule has 1 N–H and O–H groups in total. The Balaban J connectivity index is 1.51. The first-order chi connectivity index (χ1) is 13.8. The molecule has 158 valence electrons. The molecule has 1 fully saturated rings. The number of rotatable bonds is 12. The van der Waals surface area contributed by atoms with Gasteiger partial charge in [0.15, 0.2) is 5.96 Å². The number of benzene rings is 1. The standard InChI is InChI=1S/C22H37N3O3/c1-23-22(25-14-11-21(12-15-25)28-18-8-16-26-2)24-13-6-7-17-27-19-20-9-4-3-5-10-20/h3-5,9-10,21H,6-8,11-19H2,1-2H3,(H,23,24). The van der Waals surface area contributed by atoms with E-state index < -0.39 is 0 Å². The summed E-state index contributed by atoms with van der Waals surface area (Å²) in [5, 5.41) is 3.49. The molecule has 1 aliphatic heterocycles. The van der Waals surface area contributed by atoms with Crippen molar-refractivity contribution in [2.24, 2.45) is 4.99 Å². The second kappa shape index (κ2) is 14.4. The molecule has 6 heteroatoms. The fraction of sp³-hybridized carbons (Fsp3) is 0.682. The first-order valence-electron chi connectivity index (χ1n) is 10.5. The smallest absolute Gasteiger partial charge is 0.193 e. The van der Waals surface area contributed by atoms with E-state index in [1.165, 1.54) is 5.56 Å². The zero-order chi connectivity index (χ0) is 19.9. The molecule has 0 unspecified atom stereocenters. The van der Waals surface area contributed by atoms with Crippen LogP contribution in [0, 0.1) is 0 Å². The minimum atomic E-state index is 0.368. The van der Waals surface area contributed by atoms with Crippen molar-refractivity contribution in [1.82, 2.24) is 10.2 Å². The van der Waals surface area contributed by atoms with Crippen LogP contribution in [-0.2, 0) is 20.8 Å². The highest BCUT2D eigenvalue weighted by molar-refractivity contribution is 5.79. The number of hydrogen-bond acceptors (Lipinski definition) is 4. The zero-order valence-electron chi connectivity index (χ0n) is 17.6. The normalized spacial score (nSPS) is 15.8. The lowest BCUT2D eigenvalue weighted by molar-refractivity contribution is 0.00990. The highest BCUT2D eigenvalue weighted by Crippen LogP contribution is 2.14. The van der Waals surface area contributed by atoms with Crippen LogP contribution in [0.5, 0.6) is 0 Å². The number of piperidine rings is 1. The molecule has 0 spiro atoms. The summed E-state index contributed by atoms with van der Waals surface area (Å²) < 4.78 is 16.7. The molecule has 0 atom stereocenters. The Hall–Kier alpha value is -1.63. The van der Waals surface area contributed by atoms with Crippen molar-refractivity contribution in [3.63, 3.8) is 0 Å². The number of methoxy groups -OCH3 is 1. The molecule has 0 saturated carbocycles. The molecule has 1 aromatic rings. The predicted molar refractivity (Wildman–Crippen MR) is 114 cm³/mol. The molecule has 6 nitrogen and oxygen atoms in total. The second-order valence-corrected chi connectivity index (χ2v) is 7.12. The van der Waals surface area contributed by atoms with Gasteiger partial charge in [0.05, 0.1) is 12.7 Å². The number of nitrogens with zero attached hydrogens (tertiary/aromatic N) is 2. The van der Waals surface area contributed by atoms with Crippen LogP contribution < -0.4 is 5.32 Å². The molecular weight excluding hydrogens is 354 g/mol. The second-order valence-electron chi connectivity index (χ2n) is 7.12. The number of nitrogens with one attached hydrogen (secondary N) is 1. The molecule has 2 rings (SSSR count). The van der Waals surface area contributed by atoms with Gasteiger partial charge in [0.2, 0.25) is 0 Å². The van der Waals surface area contributed by atoms with Crippen LogP contribution in [0.15, 0.2) is 35.3 Å². The Labute approximate surface area is 170 Å². The average molecular weight is 392 g/mol. The maximum atomic E-state index is 5.93. The fourth-order valence-electron chi connectivity index (χ4n) is 3.31. The molecule has 0 amide bonds. The largest absolute Gasteiger partial charge is 0.385 e.